The molecule has 6 nitrogen and oxygen atoms in total. The Morgan fingerprint density at radius 1 is 1.07 bits per heavy atom. The topological polar surface area (TPSA) is 77.0 Å². The molecule has 0 radical (unpaired) electrons. The summed E-state index contributed by atoms with van der Waals surface area (Å²) in [7, 11) is 0. The average molecular weight is 388 g/mol. The van der Waals surface area contributed by atoms with Gasteiger partial charge in [-0.25, -0.2) is 4.98 Å². The van der Waals surface area contributed by atoms with Gasteiger partial charge in [-0.15, -0.1) is 11.3 Å². The first-order valence-electron chi connectivity index (χ1n) is 8.55. The number of thiazole rings is 1. The fourth-order valence-corrected chi connectivity index (χ4v) is 3.28. The zero-order valence-electron chi connectivity index (χ0n) is 15.0. The van der Waals surface area contributed by atoms with Crippen LogP contribution in [0, 0.1) is 6.92 Å². The van der Waals surface area contributed by atoms with Crippen molar-refractivity contribution in [3.8, 4) is 22.2 Å². The number of hydrogen-bond donors (Lipinski definition) is 1. The Labute approximate surface area is 165 Å². The maximum Gasteiger partial charge on any atom is 0.275 e. The highest BCUT2D eigenvalue weighted by atomic mass is 32.1. The van der Waals surface area contributed by atoms with Crippen molar-refractivity contribution in [1.29, 1.82) is 0 Å². The van der Waals surface area contributed by atoms with Crippen molar-refractivity contribution in [2.45, 2.75) is 6.92 Å². The van der Waals surface area contributed by atoms with Crippen molar-refractivity contribution in [2.75, 3.05) is 5.32 Å². The van der Waals surface area contributed by atoms with Gasteiger partial charge in [0.2, 0.25) is 0 Å². The summed E-state index contributed by atoms with van der Waals surface area (Å²) in [6.07, 6.45) is 4.81. The van der Waals surface area contributed by atoms with Crippen molar-refractivity contribution in [3.63, 3.8) is 0 Å². The Balaban J connectivity index is 1.42. The Kier molecular flexibility index (Phi) is 5.07. The van der Waals surface area contributed by atoms with Crippen LogP contribution >= 0.6 is 11.3 Å². The Bertz CT molecular complexity index is 1090. The first-order valence-corrected chi connectivity index (χ1v) is 9.43. The van der Waals surface area contributed by atoms with Crippen LogP contribution in [0.25, 0.3) is 10.7 Å². The summed E-state index contributed by atoms with van der Waals surface area (Å²) in [6, 6.07) is 15.0. The standard InChI is InChI=1S/C21H16N4O2S/c1-14-3-2-4-17(11-14)27-16-7-5-15(6-8-16)24-20(26)19-13-28-21(25-19)18-12-22-9-10-23-18/h2-13H,1H3,(H,24,26). The fourth-order valence-electron chi connectivity index (χ4n) is 2.52. The van der Waals surface area contributed by atoms with Gasteiger partial charge >= 0.3 is 0 Å². The molecule has 0 saturated carbocycles. The molecule has 28 heavy (non-hydrogen) atoms. The highest BCUT2D eigenvalue weighted by Crippen LogP contribution is 2.25. The largest absolute Gasteiger partial charge is 0.457 e. The highest BCUT2D eigenvalue weighted by Gasteiger charge is 2.13. The predicted molar refractivity (Wildman–Crippen MR) is 109 cm³/mol. The van der Waals surface area contributed by atoms with Gasteiger partial charge in [0.1, 0.15) is 27.9 Å². The van der Waals surface area contributed by atoms with E-state index in [4.69, 9.17) is 4.74 Å². The van der Waals surface area contributed by atoms with Gasteiger partial charge in [0.05, 0.1) is 6.20 Å². The number of nitrogens with zero attached hydrogens (tertiary/aromatic N) is 3. The third-order valence-electron chi connectivity index (χ3n) is 3.86. The van der Waals surface area contributed by atoms with Crippen LogP contribution in [-0.2, 0) is 0 Å². The molecule has 0 aliphatic heterocycles. The average Bonchev–Trinajstić information content (AvgIpc) is 3.21. The first-order chi connectivity index (χ1) is 13.7. The van der Waals surface area contributed by atoms with Gasteiger partial charge in [0.15, 0.2) is 0 Å². The van der Waals surface area contributed by atoms with Crippen molar-refractivity contribution in [1.82, 2.24) is 15.0 Å². The maximum atomic E-state index is 12.4. The number of carbonyl (C=O) groups is 1. The lowest BCUT2D eigenvalue weighted by Crippen LogP contribution is -2.12. The van der Waals surface area contributed by atoms with E-state index < -0.39 is 0 Å². The smallest absolute Gasteiger partial charge is 0.275 e. The minimum absolute atomic E-state index is 0.279. The third kappa shape index (κ3) is 4.21. The number of carbonyl (C=O) groups excluding carboxylic acids is 1. The SMILES string of the molecule is Cc1cccc(Oc2ccc(NC(=O)c3csc(-c4cnccn4)n3)cc2)c1. The molecule has 2 aromatic carbocycles. The molecule has 7 heteroatoms. The minimum Gasteiger partial charge on any atom is -0.457 e. The zero-order chi connectivity index (χ0) is 19.3. The summed E-state index contributed by atoms with van der Waals surface area (Å²) in [6.45, 7) is 2.01. The molecule has 2 aromatic heterocycles. The van der Waals surface area contributed by atoms with Crippen molar-refractivity contribution < 1.29 is 9.53 Å². The molecule has 4 rings (SSSR count). The number of nitrogens with one attached hydrogen (secondary N) is 1. The Hall–Kier alpha value is -3.58. The van der Waals surface area contributed by atoms with Crippen LogP contribution in [0.1, 0.15) is 16.1 Å². The number of aromatic nitrogens is 3. The molecule has 0 fully saturated rings. The van der Waals surface area contributed by atoms with Crippen LogP contribution in [0.15, 0.2) is 72.5 Å². The second-order valence-corrected chi connectivity index (χ2v) is 6.88. The van der Waals surface area contributed by atoms with Gasteiger partial charge in [-0.2, -0.15) is 0 Å². The van der Waals surface area contributed by atoms with Gasteiger partial charge in [-0.05, 0) is 48.9 Å². The molecule has 1 amide bonds. The second kappa shape index (κ2) is 7.98. The van der Waals surface area contributed by atoms with Crippen LogP contribution in [0.4, 0.5) is 5.69 Å². The van der Waals surface area contributed by atoms with Crippen LogP contribution in [0.5, 0.6) is 11.5 Å². The molecule has 0 spiro atoms. The van der Waals surface area contributed by atoms with Crippen LogP contribution in [0.3, 0.4) is 0 Å². The van der Waals surface area contributed by atoms with E-state index in [1.54, 1.807) is 36.1 Å². The lowest BCUT2D eigenvalue weighted by atomic mass is 10.2. The molecule has 0 unspecified atom stereocenters. The molecule has 4 aromatic rings. The molecular formula is C21H16N4O2S. The quantitative estimate of drug-likeness (QED) is 0.523. The van der Waals surface area contributed by atoms with E-state index in [2.05, 4.69) is 20.3 Å². The number of rotatable bonds is 5. The second-order valence-electron chi connectivity index (χ2n) is 6.03. The first kappa shape index (κ1) is 17.8. The number of aryl methyl sites for hydroxylation is 1. The van der Waals surface area contributed by atoms with Crippen molar-refractivity contribution in [3.05, 3.63) is 83.8 Å². The number of anilines is 1. The normalized spacial score (nSPS) is 10.5. The van der Waals surface area contributed by atoms with Crippen LogP contribution < -0.4 is 10.1 Å². The van der Waals surface area contributed by atoms with Crippen LogP contribution in [-0.4, -0.2) is 20.9 Å². The monoisotopic (exact) mass is 388 g/mol. The van der Waals surface area contributed by atoms with E-state index >= 15 is 0 Å². The minimum atomic E-state index is -0.279. The summed E-state index contributed by atoms with van der Waals surface area (Å²) in [4.78, 5) is 25.0. The molecular weight excluding hydrogens is 372 g/mol. The molecule has 0 aliphatic rings. The number of hydrogen-bond acceptors (Lipinski definition) is 6. The van der Waals surface area contributed by atoms with Crippen molar-refractivity contribution in [2.24, 2.45) is 0 Å². The maximum absolute atomic E-state index is 12.4. The fraction of sp³-hybridized carbons (Fsp3) is 0.0476. The highest BCUT2D eigenvalue weighted by molar-refractivity contribution is 7.13. The van der Waals surface area contributed by atoms with E-state index in [9.17, 15) is 4.79 Å². The van der Waals surface area contributed by atoms with Crippen LogP contribution in [0.2, 0.25) is 0 Å². The summed E-state index contributed by atoms with van der Waals surface area (Å²) < 4.78 is 5.82. The Morgan fingerprint density at radius 2 is 1.93 bits per heavy atom. The van der Waals surface area contributed by atoms with Gasteiger partial charge in [0, 0.05) is 23.5 Å². The van der Waals surface area contributed by atoms with E-state index in [-0.39, 0.29) is 5.91 Å². The molecule has 2 heterocycles. The molecule has 0 saturated heterocycles. The number of benzene rings is 2. The molecule has 1 N–H and O–H groups in total. The summed E-state index contributed by atoms with van der Waals surface area (Å²) in [5.41, 5.74) is 2.77. The lowest BCUT2D eigenvalue weighted by molar-refractivity contribution is 0.102. The van der Waals surface area contributed by atoms with Crippen molar-refractivity contribution >= 4 is 22.9 Å². The van der Waals surface area contributed by atoms with Gasteiger partial charge in [-0.3, -0.25) is 14.8 Å². The van der Waals surface area contributed by atoms with E-state index in [0.29, 0.717) is 27.8 Å². The van der Waals surface area contributed by atoms with Gasteiger partial charge in [-0.1, -0.05) is 12.1 Å². The zero-order valence-corrected chi connectivity index (χ0v) is 15.8. The van der Waals surface area contributed by atoms with Gasteiger partial charge < -0.3 is 10.1 Å². The summed E-state index contributed by atoms with van der Waals surface area (Å²) >= 11 is 1.35. The lowest BCUT2D eigenvalue weighted by Gasteiger charge is -2.08. The Morgan fingerprint density at radius 3 is 2.68 bits per heavy atom. The molecule has 0 atom stereocenters. The summed E-state index contributed by atoms with van der Waals surface area (Å²) in [5, 5.41) is 5.19. The van der Waals surface area contributed by atoms with Gasteiger partial charge in [0.25, 0.3) is 5.91 Å². The molecule has 138 valence electrons. The third-order valence-corrected chi connectivity index (χ3v) is 4.72. The molecule has 0 bridgehead atoms. The molecule has 0 aliphatic carbocycles. The number of ether oxygens (including phenoxy) is 1. The number of amides is 1. The van der Waals surface area contributed by atoms with E-state index in [1.165, 1.54) is 11.3 Å². The predicted octanol–water partition coefficient (Wildman–Crippen LogP) is 4.95. The van der Waals surface area contributed by atoms with E-state index in [0.717, 1.165) is 11.3 Å². The summed E-state index contributed by atoms with van der Waals surface area (Å²) in [5.74, 6) is 1.19. The van der Waals surface area contributed by atoms with E-state index in [1.807, 2.05) is 43.3 Å².